The minimum absolute atomic E-state index is 0.0533. The van der Waals surface area contributed by atoms with E-state index in [-0.39, 0.29) is 11.8 Å². The minimum atomic E-state index is -2.85. The highest BCUT2D eigenvalue weighted by Crippen LogP contribution is 2.29. The Morgan fingerprint density at radius 3 is 2.71 bits per heavy atom. The van der Waals surface area contributed by atoms with Gasteiger partial charge >= 0.3 is 12.7 Å². The highest BCUT2D eigenvalue weighted by molar-refractivity contribution is 7.09. The third-order valence-electron chi connectivity index (χ3n) is 4.83. The summed E-state index contributed by atoms with van der Waals surface area (Å²) in [7, 11) is 0. The van der Waals surface area contributed by atoms with Crippen LogP contribution in [0.25, 0.3) is 0 Å². The molecule has 1 aliphatic heterocycles. The molecular formula is C19H22F2N2O4S. The predicted molar refractivity (Wildman–Crippen MR) is 100 cm³/mol. The Kier molecular flexibility index (Phi) is 7.02. The molecule has 0 aliphatic carbocycles. The van der Waals surface area contributed by atoms with Crippen LogP contribution in [0.3, 0.4) is 0 Å². The number of amides is 1. The molecule has 2 atom stereocenters. The van der Waals surface area contributed by atoms with Gasteiger partial charge in [0, 0.05) is 30.1 Å². The molecule has 2 unspecified atom stereocenters. The number of benzene rings is 1. The van der Waals surface area contributed by atoms with E-state index in [4.69, 9.17) is 4.74 Å². The minimum Gasteiger partial charge on any atom is -0.494 e. The zero-order chi connectivity index (χ0) is 19.9. The van der Waals surface area contributed by atoms with Gasteiger partial charge in [-0.25, -0.2) is 4.79 Å². The number of likely N-dealkylation sites (tertiary alicyclic amines) is 1. The van der Waals surface area contributed by atoms with Gasteiger partial charge in [0.05, 0.1) is 12.1 Å². The number of thiazole rings is 1. The average molecular weight is 412 g/mol. The van der Waals surface area contributed by atoms with Crippen LogP contribution in [0.1, 0.15) is 24.1 Å². The van der Waals surface area contributed by atoms with Crippen LogP contribution in [0.2, 0.25) is 0 Å². The van der Waals surface area contributed by atoms with Crippen molar-refractivity contribution >= 4 is 17.4 Å². The van der Waals surface area contributed by atoms with E-state index >= 15 is 0 Å². The summed E-state index contributed by atoms with van der Waals surface area (Å²) < 4.78 is 34.3. The summed E-state index contributed by atoms with van der Waals surface area (Å²) in [5, 5.41) is 9.46. The van der Waals surface area contributed by atoms with Crippen molar-refractivity contribution < 1.29 is 28.2 Å². The molecule has 2 heterocycles. The molecule has 1 amide bonds. The fourth-order valence-electron chi connectivity index (χ4n) is 3.48. The van der Waals surface area contributed by atoms with Gasteiger partial charge in [0.25, 0.3) is 0 Å². The maximum atomic E-state index is 12.2. The predicted octanol–water partition coefficient (Wildman–Crippen LogP) is 4.51. The molecule has 2 aromatic rings. The molecular weight excluding hydrogens is 390 g/mol. The number of nitrogens with zero attached hydrogens (tertiary/aromatic N) is 2. The van der Waals surface area contributed by atoms with E-state index in [2.05, 4.69) is 9.72 Å². The normalized spacial score (nSPS) is 19.6. The number of aromatic nitrogens is 1. The molecule has 1 N–H and O–H groups in total. The lowest BCUT2D eigenvalue weighted by Crippen LogP contribution is -2.46. The molecule has 152 valence electrons. The molecule has 1 aliphatic rings. The number of hydrogen-bond acceptors (Lipinski definition) is 5. The molecule has 0 saturated carbocycles. The second-order valence-electron chi connectivity index (χ2n) is 6.68. The summed E-state index contributed by atoms with van der Waals surface area (Å²) in [6.07, 6.45) is 3.99. The van der Waals surface area contributed by atoms with Gasteiger partial charge in [-0.2, -0.15) is 8.78 Å². The lowest BCUT2D eigenvalue weighted by atomic mass is 9.87. The molecule has 0 bridgehead atoms. The third kappa shape index (κ3) is 5.79. The van der Waals surface area contributed by atoms with E-state index < -0.39 is 12.7 Å². The summed E-state index contributed by atoms with van der Waals surface area (Å²) in [5.41, 5.74) is 1.76. The lowest BCUT2D eigenvalue weighted by molar-refractivity contribution is -0.0498. The van der Waals surface area contributed by atoms with E-state index in [1.165, 1.54) is 28.4 Å². The fraction of sp³-hybridized carbons (Fsp3) is 0.474. The van der Waals surface area contributed by atoms with Crippen molar-refractivity contribution in [2.75, 3.05) is 13.2 Å². The number of halogens is 2. The fourth-order valence-corrected chi connectivity index (χ4v) is 4.14. The lowest BCUT2D eigenvalue weighted by Gasteiger charge is -2.37. The van der Waals surface area contributed by atoms with E-state index in [1.807, 2.05) is 0 Å². The first-order chi connectivity index (χ1) is 13.5. The quantitative estimate of drug-likeness (QED) is 0.691. The highest BCUT2D eigenvalue weighted by atomic mass is 32.1. The monoisotopic (exact) mass is 412 g/mol. The Balaban J connectivity index is 1.48. The van der Waals surface area contributed by atoms with E-state index in [9.17, 15) is 18.7 Å². The number of rotatable bonds is 8. The molecule has 1 aromatic heterocycles. The number of carboxylic acid groups (broad SMARTS) is 1. The topological polar surface area (TPSA) is 71.9 Å². The van der Waals surface area contributed by atoms with Crippen molar-refractivity contribution in [3.8, 4) is 11.5 Å². The van der Waals surface area contributed by atoms with E-state index in [0.717, 1.165) is 24.1 Å². The summed E-state index contributed by atoms with van der Waals surface area (Å²) in [6.45, 7) is -1.84. The highest BCUT2D eigenvalue weighted by Gasteiger charge is 2.31. The standard InChI is InChI=1S/C19H22F2N2O4S/c20-18(21)27-16-3-1-15(2-4-16)26-8-6-13-5-7-23(19(24)25)14(9-13)10-17-11-22-12-28-17/h1-4,11-14,18H,5-10H2,(H,24,25). The summed E-state index contributed by atoms with van der Waals surface area (Å²) in [4.78, 5) is 18.2. The first kappa shape index (κ1) is 20.3. The summed E-state index contributed by atoms with van der Waals surface area (Å²) in [6, 6.07) is 6.02. The summed E-state index contributed by atoms with van der Waals surface area (Å²) >= 11 is 1.54. The zero-order valence-corrected chi connectivity index (χ0v) is 16.0. The second-order valence-corrected chi connectivity index (χ2v) is 7.65. The van der Waals surface area contributed by atoms with Crippen LogP contribution in [0, 0.1) is 5.92 Å². The number of piperidine rings is 1. The number of hydrogen-bond donors (Lipinski definition) is 1. The summed E-state index contributed by atoms with van der Waals surface area (Å²) in [5.74, 6) is 1.05. The Labute approximate surface area is 165 Å². The molecule has 0 spiro atoms. The van der Waals surface area contributed by atoms with Gasteiger partial charge in [-0.05, 0) is 49.4 Å². The van der Waals surface area contributed by atoms with Crippen molar-refractivity contribution in [3.63, 3.8) is 0 Å². The van der Waals surface area contributed by atoms with E-state index in [0.29, 0.717) is 31.2 Å². The molecule has 28 heavy (non-hydrogen) atoms. The van der Waals surface area contributed by atoms with Crippen LogP contribution in [-0.4, -0.2) is 46.9 Å². The van der Waals surface area contributed by atoms with Crippen LogP contribution < -0.4 is 9.47 Å². The zero-order valence-electron chi connectivity index (χ0n) is 15.2. The Hall–Kier alpha value is -2.42. The largest absolute Gasteiger partial charge is 0.494 e. The van der Waals surface area contributed by atoms with Gasteiger partial charge in [-0.3, -0.25) is 4.98 Å². The maximum absolute atomic E-state index is 12.2. The Bertz CT molecular complexity index is 743. The van der Waals surface area contributed by atoms with Gasteiger partial charge in [-0.1, -0.05) is 0 Å². The van der Waals surface area contributed by atoms with Gasteiger partial charge in [-0.15, -0.1) is 11.3 Å². The molecule has 6 nitrogen and oxygen atoms in total. The average Bonchev–Trinajstić information content (AvgIpc) is 3.16. The van der Waals surface area contributed by atoms with Crippen molar-refractivity contribution in [2.24, 2.45) is 5.92 Å². The first-order valence-electron chi connectivity index (χ1n) is 9.06. The second kappa shape index (κ2) is 9.68. The van der Waals surface area contributed by atoms with E-state index in [1.54, 1.807) is 23.8 Å². The van der Waals surface area contributed by atoms with Crippen molar-refractivity contribution in [2.45, 2.75) is 38.3 Å². The molecule has 3 rings (SSSR count). The van der Waals surface area contributed by atoms with Crippen molar-refractivity contribution in [3.05, 3.63) is 40.8 Å². The molecule has 9 heteroatoms. The van der Waals surface area contributed by atoms with Gasteiger partial charge in [0.15, 0.2) is 0 Å². The third-order valence-corrected chi connectivity index (χ3v) is 5.64. The van der Waals surface area contributed by atoms with Crippen molar-refractivity contribution in [1.29, 1.82) is 0 Å². The van der Waals surface area contributed by atoms with Crippen LogP contribution >= 0.6 is 11.3 Å². The molecule has 0 radical (unpaired) electrons. The molecule has 1 aromatic carbocycles. The Morgan fingerprint density at radius 2 is 2.07 bits per heavy atom. The van der Waals surface area contributed by atoms with Crippen molar-refractivity contribution in [1.82, 2.24) is 9.88 Å². The molecule has 1 fully saturated rings. The van der Waals surface area contributed by atoms with Gasteiger partial charge in [0.2, 0.25) is 0 Å². The SMILES string of the molecule is O=C(O)N1CCC(CCOc2ccc(OC(F)F)cc2)CC1Cc1cncs1. The van der Waals surface area contributed by atoms with Crippen LogP contribution in [0.5, 0.6) is 11.5 Å². The van der Waals surface area contributed by atoms with Crippen LogP contribution in [-0.2, 0) is 6.42 Å². The maximum Gasteiger partial charge on any atom is 0.407 e. The molecule has 1 saturated heterocycles. The van der Waals surface area contributed by atoms with Crippen LogP contribution in [0.4, 0.5) is 13.6 Å². The smallest absolute Gasteiger partial charge is 0.407 e. The van der Waals surface area contributed by atoms with Crippen LogP contribution in [0.15, 0.2) is 36.0 Å². The Morgan fingerprint density at radius 1 is 1.32 bits per heavy atom. The number of ether oxygens (including phenoxy) is 2. The van der Waals surface area contributed by atoms with Gasteiger partial charge < -0.3 is 19.5 Å². The number of alkyl halides is 2. The number of carbonyl (C=O) groups is 1. The van der Waals surface area contributed by atoms with Gasteiger partial charge in [0.1, 0.15) is 11.5 Å². The first-order valence-corrected chi connectivity index (χ1v) is 9.94.